The molecule has 5 rings (SSSR count). The number of rotatable bonds is 3. The first kappa shape index (κ1) is 17.7. The molecule has 1 saturated heterocycles. The minimum absolute atomic E-state index is 0.0299. The third kappa shape index (κ3) is 3.09. The third-order valence-corrected chi connectivity index (χ3v) is 6.30. The van der Waals surface area contributed by atoms with E-state index in [2.05, 4.69) is 4.90 Å². The van der Waals surface area contributed by atoms with Crippen molar-refractivity contribution in [2.75, 3.05) is 26.2 Å². The molecule has 1 aromatic carbocycles. The Bertz CT molecular complexity index is 806. The molecule has 2 atom stereocenters. The Morgan fingerprint density at radius 1 is 0.964 bits per heavy atom. The normalized spacial score (nSPS) is 27.9. The zero-order valence-corrected chi connectivity index (χ0v) is 16.1. The van der Waals surface area contributed by atoms with E-state index in [1.54, 1.807) is 4.90 Å². The predicted molar refractivity (Wildman–Crippen MR) is 103 cm³/mol. The Hall–Kier alpha value is -2.34. The van der Waals surface area contributed by atoms with Crippen molar-refractivity contribution in [1.82, 2.24) is 9.80 Å². The van der Waals surface area contributed by atoms with Gasteiger partial charge in [0, 0.05) is 24.2 Å². The van der Waals surface area contributed by atoms with E-state index in [-0.39, 0.29) is 24.0 Å². The minimum atomic E-state index is -0.0371. The van der Waals surface area contributed by atoms with Gasteiger partial charge in [-0.3, -0.25) is 19.4 Å². The van der Waals surface area contributed by atoms with Gasteiger partial charge in [-0.15, -0.1) is 0 Å². The number of ether oxygens (including phenoxy) is 2. The van der Waals surface area contributed by atoms with Crippen LogP contribution in [0.15, 0.2) is 35.4 Å². The second-order valence-electron chi connectivity index (χ2n) is 8.20. The highest BCUT2D eigenvalue weighted by Crippen LogP contribution is 2.36. The maximum atomic E-state index is 12.9. The van der Waals surface area contributed by atoms with E-state index >= 15 is 0 Å². The Kier molecular flexibility index (Phi) is 4.59. The first-order valence-electron chi connectivity index (χ1n) is 10.4. The lowest BCUT2D eigenvalue weighted by atomic mass is 9.93. The Balaban J connectivity index is 1.24. The summed E-state index contributed by atoms with van der Waals surface area (Å²) >= 11 is 0. The molecule has 3 aliphatic heterocycles. The number of benzene rings is 1. The number of para-hydroxylation sites is 2. The number of imide groups is 1. The minimum Gasteiger partial charge on any atom is -0.486 e. The van der Waals surface area contributed by atoms with Crippen LogP contribution >= 0.6 is 0 Å². The van der Waals surface area contributed by atoms with Crippen molar-refractivity contribution in [2.24, 2.45) is 0 Å². The van der Waals surface area contributed by atoms with Crippen LogP contribution in [0, 0.1) is 0 Å². The van der Waals surface area contributed by atoms with Crippen molar-refractivity contribution in [3.8, 4) is 11.5 Å². The Labute approximate surface area is 165 Å². The molecule has 28 heavy (non-hydrogen) atoms. The van der Waals surface area contributed by atoms with Crippen LogP contribution in [0.2, 0.25) is 0 Å². The van der Waals surface area contributed by atoms with Crippen LogP contribution in [0.25, 0.3) is 0 Å². The van der Waals surface area contributed by atoms with Crippen molar-refractivity contribution in [1.29, 1.82) is 0 Å². The second kappa shape index (κ2) is 7.24. The average molecular weight is 382 g/mol. The van der Waals surface area contributed by atoms with Gasteiger partial charge in [-0.1, -0.05) is 12.1 Å². The van der Waals surface area contributed by atoms with Gasteiger partial charge in [-0.2, -0.15) is 0 Å². The fourth-order valence-corrected chi connectivity index (χ4v) is 4.94. The lowest BCUT2D eigenvalue weighted by Gasteiger charge is -2.39. The van der Waals surface area contributed by atoms with Gasteiger partial charge < -0.3 is 9.47 Å². The van der Waals surface area contributed by atoms with Crippen LogP contribution in [-0.2, 0) is 9.59 Å². The molecule has 0 saturated carbocycles. The maximum absolute atomic E-state index is 12.9. The molecule has 0 spiro atoms. The highest BCUT2D eigenvalue weighted by Gasteiger charge is 2.43. The summed E-state index contributed by atoms with van der Waals surface area (Å²) in [7, 11) is 0. The van der Waals surface area contributed by atoms with E-state index in [0.717, 1.165) is 80.8 Å². The molecule has 0 unspecified atom stereocenters. The third-order valence-electron chi connectivity index (χ3n) is 6.30. The quantitative estimate of drug-likeness (QED) is 0.752. The summed E-state index contributed by atoms with van der Waals surface area (Å²) in [5.74, 6) is 1.52. The number of fused-ring (bicyclic) bond motifs is 1. The summed E-state index contributed by atoms with van der Waals surface area (Å²) < 4.78 is 11.9. The van der Waals surface area contributed by atoms with Gasteiger partial charge in [0.05, 0.1) is 6.04 Å². The summed E-state index contributed by atoms with van der Waals surface area (Å²) in [5, 5.41) is 0. The van der Waals surface area contributed by atoms with Crippen molar-refractivity contribution in [3.63, 3.8) is 0 Å². The molecule has 1 aromatic rings. The first-order valence-corrected chi connectivity index (χ1v) is 10.4. The van der Waals surface area contributed by atoms with Gasteiger partial charge in [0.25, 0.3) is 11.8 Å². The van der Waals surface area contributed by atoms with Crippen LogP contribution < -0.4 is 9.47 Å². The van der Waals surface area contributed by atoms with Crippen LogP contribution in [0.1, 0.15) is 38.5 Å². The lowest BCUT2D eigenvalue weighted by Crippen LogP contribution is -2.53. The summed E-state index contributed by atoms with van der Waals surface area (Å²) in [6.07, 6.45) is 5.39. The van der Waals surface area contributed by atoms with Gasteiger partial charge in [0.2, 0.25) is 0 Å². The van der Waals surface area contributed by atoms with Crippen molar-refractivity contribution >= 4 is 11.8 Å². The van der Waals surface area contributed by atoms with E-state index < -0.39 is 0 Å². The topological polar surface area (TPSA) is 59.1 Å². The SMILES string of the molecule is O=C1C2=C(CCCC2)C(=O)N1[C@H]1CCCN(C[C@H]2COc3ccccc3O2)C1. The molecule has 0 N–H and O–H groups in total. The molecule has 0 aromatic heterocycles. The predicted octanol–water partition coefficient (Wildman–Crippen LogP) is 2.53. The molecule has 1 aliphatic carbocycles. The highest BCUT2D eigenvalue weighted by atomic mass is 16.6. The number of likely N-dealkylation sites (tertiary alicyclic amines) is 1. The van der Waals surface area contributed by atoms with Gasteiger partial charge in [-0.05, 0) is 57.2 Å². The molecule has 6 heteroatoms. The van der Waals surface area contributed by atoms with Crippen LogP contribution in [-0.4, -0.2) is 60.0 Å². The number of nitrogens with zero attached hydrogens (tertiary/aromatic N) is 2. The molecule has 1 fully saturated rings. The van der Waals surface area contributed by atoms with E-state index in [0.29, 0.717) is 6.61 Å². The van der Waals surface area contributed by atoms with Crippen LogP contribution in [0.4, 0.5) is 0 Å². The Morgan fingerprint density at radius 3 is 2.43 bits per heavy atom. The number of amides is 2. The largest absolute Gasteiger partial charge is 0.486 e. The van der Waals surface area contributed by atoms with Gasteiger partial charge in [0.15, 0.2) is 11.5 Å². The van der Waals surface area contributed by atoms with E-state index in [9.17, 15) is 9.59 Å². The molecule has 6 nitrogen and oxygen atoms in total. The Morgan fingerprint density at radius 2 is 1.68 bits per heavy atom. The van der Waals surface area contributed by atoms with E-state index in [4.69, 9.17) is 9.47 Å². The van der Waals surface area contributed by atoms with Crippen molar-refractivity contribution in [3.05, 3.63) is 35.4 Å². The monoisotopic (exact) mass is 382 g/mol. The average Bonchev–Trinajstić information content (AvgIpc) is 2.99. The van der Waals surface area contributed by atoms with Crippen LogP contribution in [0.5, 0.6) is 11.5 Å². The number of piperidine rings is 1. The number of hydrogen-bond acceptors (Lipinski definition) is 5. The fraction of sp³-hybridized carbons (Fsp3) is 0.545. The van der Waals surface area contributed by atoms with Gasteiger partial charge >= 0.3 is 0 Å². The lowest BCUT2D eigenvalue weighted by molar-refractivity contribution is -0.141. The zero-order chi connectivity index (χ0) is 19.1. The molecular weight excluding hydrogens is 356 g/mol. The highest BCUT2D eigenvalue weighted by molar-refractivity contribution is 6.19. The molecule has 4 aliphatic rings. The molecule has 0 radical (unpaired) electrons. The van der Waals surface area contributed by atoms with E-state index in [1.807, 2.05) is 24.3 Å². The maximum Gasteiger partial charge on any atom is 0.257 e. The summed E-state index contributed by atoms with van der Waals surface area (Å²) in [6.45, 7) is 2.95. The smallest absolute Gasteiger partial charge is 0.257 e. The standard InChI is InChI=1S/C22H26N2O4/c25-21-17-7-1-2-8-18(17)22(26)24(21)15-6-5-11-23(12-15)13-16-14-27-19-9-3-4-10-20(19)28-16/h3-4,9-10,15-16H,1-2,5-8,11-14H2/t15-,16-/m0/s1. The van der Waals surface area contributed by atoms with E-state index in [1.165, 1.54) is 0 Å². The van der Waals surface area contributed by atoms with Gasteiger partial charge in [0.1, 0.15) is 12.7 Å². The second-order valence-corrected chi connectivity index (χ2v) is 8.20. The molecular formula is C22H26N2O4. The summed E-state index contributed by atoms with van der Waals surface area (Å²) in [5.41, 5.74) is 1.57. The number of carbonyl (C=O) groups is 2. The molecule has 3 heterocycles. The zero-order valence-electron chi connectivity index (χ0n) is 16.1. The fourth-order valence-electron chi connectivity index (χ4n) is 4.94. The number of hydrogen-bond donors (Lipinski definition) is 0. The van der Waals surface area contributed by atoms with Crippen LogP contribution in [0.3, 0.4) is 0 Å². The first-order chi connectivity index (χ1) is 13.7. The van der Waals surface area contributed by atoms with Crippen molar-refractivity contribution < 1.29 is 19.1 Å². The number of carbonyl (C=O) groups excluding carboxylic acids is 2. The molecule has 0 bridgehead atoms. The van der Waals surface area contributed by atoms with Crippen molar-refractivity contribution in [2.45, 2.75) is 50.7 Å². The summed E-state index contributed by atoms with van der Waals surface area (Å²) in [6, 6.07) is 7.70. The van der Waals surface area contributed by atoms with Gasteiger partial charge in [-0.25, -0.2) is 0 Å². The summed E-state index contributed by atoms with van der Waals surface area (Å²) in [4.78, 5) is 29.6. The molecule has 148 valence electrons. The molecule has 2 amide bonds.